The number of aromatic nitrogens is 2. The second-order valence-corrected chi connectivity index (χ2v) is 5.20. The molecule has 0 fully saturated rings. The van der Waals surface area contributed by atoms with E-state index in [1.807, 2.05) is 27.1 Å². The average Bonchev–Trinajstić information content (AvgIpc) is 2.61. The Balaban J connectivity index is 2.15. The number of hydrogen-bond acceptors (Lipinski definition) is 2. The van der Waals surface area contributed by atoms with Gasteiger partial charge in [0.25, 0.3) is 0 Å². The summed E-state index contributed by atoms with van der Waals surface area (Å²) in [5.41, 5.74) is 3.95. The van der Waals surface area contributed by atoms with Crippen LogP contribution in [-0.4, -0.2) is 9.78 Å². The lowest BCUT2D eigenvalue weighted by atomic mass is 10.2. The van der Waals surface area contributed by atoms with Gasteiger partial charge in [0.05, 0.1) is 10.2 Å². The highest BCUT2D eigenvalue weighted by molar-refractivity contribution is 9.10. The van der Waals surface area contributed by atoms with Crippen LogP contribution in [0.3, 0.4) is 0 Å². The number of nitrogens with zero attached hydrogens (tertiary/aromatic N) is 2. The molecule has 1 aromatic heterocycles. The van der Waals surface area contributed by atoms with Crippen LogP contribution in [0, 0.1) is 19.7 Å². The zero-order valence-corrected chi connectivity index (χ0v) is 12.2. The molecular weight excluding hydrogens is 297 g/mol. The van der Waals surface area contributed by atoms with Crippen LogP contribution in [0.25, 0.3) is 0 Å². The van der Waals surface area contributed by atoms with Gasteiger partial charge in [0.15, 0.2) is 0 Å². The summed E-state index contributed by atoms with van der Waals surface area (Å²) in [7, 11) is 1.90. The van der Waals surface area contributed by atoms with Gasteiger partial charge in [0.1, 0.15) is 5.82 Å². The van der Waals surface area contributed by atoms with Gasteiger partial charge < -0.3 is 5.32 Å². The molecule has 2 rings (SSSR count). The molecule has 0 spiro atoms. The molecule has 0 aliphatic rings. The quantitative estimate of drug-likeness (QED) is 0.939. The Morgan fingerprint density at radius 3 is 2.72 bits per heavy atom. The zero-order chi connectivity index (χ0) is 13.3. The lowest BCUT2D eigenvalue weighted by Crippen LogP contribution is -2.02. The number of hydrogen-bond donors (Lipinski definition) is 1. The Hall–Kier alpha value is -1.36. The largest absolute Gasteiger partial charge is 0.381 e. The molecule has 0 radical (unpaired) electrons. The molecule has 96 valence electrons. The summed E-state index contributed by atoms with van der Waals surface area (Å²) in [6.45, 7) is 4.54. The molecule has 0 saturated carbocycles. The molecule has 1 N–H and O–H groups in total. The average molecular weight is 312 g/mol. The Morgan fingerprint density at radius 1 is 1.39 bits per heavy atom. The predicted molar refractivity (Wildman–Crippen MR) is 74.1 cm³/mol. The van der Waals surface area contributed by atoms with Crippen molar-refractivity contribution in [3.8, 4) is 0 Å². The van der Waals surface area contributed by atoms with Crippen LogP contribution in [0.4, 0.5) is 10.1 Å². The first-order valence-corrected chi connectivity index (χ1v) is 6.45. The maximum Gasteiger partial charge on any atom is 0.137 e. The lowest BCUT2D eigenvalue weighted by molar-refractivity contribution is 0.620. The van der Waals surface area contributed by atoms with Crippen LogP contribution in [-0.2, 0) is 13.6 Å². The van der Waals surface area contributed by atoms with Crippen LogP contribution in [0.5, 0.6) is 0 Å². The van der Waals surface area contributed by atoms with Crippen LogP contribution >= 0.6 is 15.9 Å². The van der Waals surface area contributed by atoms with Crippen LogP contribution in [0.2, 0.25) is 0 Å². The molecule has 2 aromatic rings. The summed E-state index contributed by atoms with van der Waals surface area (Å²) in [6, 6.07) is 3.28. The molecule has 0 unspecified atom stereocenters. The fraction of sp³-hybridized carbons (Fsp3) is 0.308. The second kappa shape index (κ2) is 5.10. The number of anilines is 1. The van der Waals surface area contributed by atoms with E-state index in [2.05, 4.69) is 26.3 Å². The molecule has 18 heavy (non-hydrogen) atoms. The second-order valence-electron chi connectivity index (χ2n) is 4.35. The normalized spacial score (nSPS) is 10.7. The highest BCUT2D eigenvalue weighted by Crippen LogP contribution is 2.24. The van der Waals surface area contributed by atoms with E-state index in [-0.39, 0.29) is 5.82 Å². The van der Waals surface area contributed by atoms with Crippen LogP contribution in [0.15, 0.2) is 22.8 Å². The Labute approximate surface area is 114 Å². The van der Waals surface area contributed by atoms with Crippen molar-refractivity contribution in [2.75, 3.05) is 5.32 Å². The first kappa shape index (κ1) is 13.1. The third kappa shape index (κ3) is 2.72. The van der Waals surface area contributed by atoms with Crippen molar-refractivity contribution in [1.29, 1.82) is 0 Å². The number of benzene rings is 1. The van der Waals surface area contributed by atoms with E-state index in [0.29, 0.717) is 11.0 Å². The summed E-state index contributed by atoms with van der Waals surface area (Å²) < 4.78 is 15.6. The van der Waals surface area contributed by atoms with Crippen molar-refractivity contribution in [2.45, 2.75) is 20.4 Å². The van der Waals surface area contributed by atoms with Gasteiger partial charge in [-0.25, -0.2) is 4.39 Å². The first-order chi connectivity index (χ1) is 8.47. The fourth-order valence-corrected chi connectivity index (χ4v) is 2.19. The van der Waals surface area contributed by atoms with Gasteiger partial charge in [-0.15, -0.1) is 0 Å². The molecule has 0 bridgehead atoms. The summed E-state index contributed by atoms with van der Waals surface area (Å²) >= 11 is 3.19. The van der Waals surface area contributed by atoms with Gasteiger partial charge in [-0.2, -0.15) is 5.10 Å². The molecule has 0 aliphatic heterocycles. The minimum absolute atomic E-state index is 0.240. The topological polar surface area (TPSA) is 29.9 Å². The van der Waals surface area contributed by atoms with E-state index < -0.39 is 0 Å². The van der Waals surface area contributed by atoms with E-state index in [0.717, 1.165) is 22.5 Å². The third-order valence-corrected chi connectivity index (χ3v) is 3.46. The first-order valence-electron chi connectivity index (χ1n) is 5.66. The smallest absolute Gasteiger partial charge is 0.137 e. The standard InChI is InChI=1S/C13H15BrFN3/c1-8-4-12(15)11(14)5-13(8)16-6-10-7-18(3)17-9(10)2/h4-5,7,16H,6H2,1-3H3. The molecule has 1 heterocycles. The van der Waals surface area contributed by atoms with Crippen molar-refractivity contribution in [3.63, 3.8) is 0 Å². The Morgan fingerprint density at radius 2 is 2.11 bits per heavy atom. The maximum atomic E-state index is 13.3. The van der Waals surface area contributed by atoms with Crippen molar-refractivity contribution >= 4 is 21.6 Å². The maximum absolute atomic E-state index is 13.3. The van der Waals surface area contributed by atoms with Crippen molar-refractivity contribution in [3.05, 3.63) is 45.4 Å². The van der Waals surface area contributed by atoms with E-state index in [9.17, 15) is 4.39 Å². The van der Waals surface area contributed by atoms with Crippen molar-refractivity contribution < 1.29 is 4.39 Å². The summed E-state index contributed by atoms with van der Waals surface area (Å²) in [4.78, 5) is 0. The Kier molecular flexibility index (Phi) is 3.71. The fourth-order valence-electron chi connectivity index (χ4n) is 1.85. The summed E-state index contributed by atoms with van der Waals surface area (Å²) in [5.74, 6) is -0.240. The summed E-state index contributed by atoms with van der Waals surface area (Å²) in [5, 5.41) is 7.59. The molecule has 3 nitrogen and oxygen atoms in total. The zero-order valence-electron chi connectivity index (χ0n) is 10.6. The van der Waals surface area contributed by atoms with Gasteiger partial charge in [-0.3, -0.25) is 4.68 Å². The molecule has 0 amide bonds. The number of aryl methyl sites for hydroxylation is 3. The lowest BCUT2D eigenvalue weighted by Gasteiger charge is -2.10. The van der Waals surface area contributed by atoms with E-state index in [1.54, 1.807) is 10.7 Å². The number of nitrogens with one attached hydrogen (secondary N) is 1. The predicted octanol–water partition coefficient (Wildman–Crippen LogP) is 3.55. The minimum atomic E-state index is -0.240. The van der Waals surface area contributed by atoms with Gasteiger partial charge >= 0.3 is 0 Å². The molecule has 1 aromatic carbocycles. The van der Waals surface area contributed by atoms with Gasteiger partial charge in [0, 0.05) is 31.0 Å². The molecular formula is C13H15BrFN3. The van der Waals surface area contributed by atoms with Gasteiger partial charge in [-0.05, 0) is 47.5 Å². The van der Waals surface area contributed by atoms with Crippen molar-refractivity contribution in [2.24, 2.45) is 7.05 Å². The van der Waals surface area contributed by atoms with E-state index in [4.69, 9.17) is 0 Å². The number of halogens is 2. The third-order valence-electron chi connectivity index (χ3n) is 2.85. The highest BCUT2D eigenvalue weighted by atomic mass is 79.9. The monoisotopic (exact) mass is 311 g/mol. The molecule has 0 aliphatic carbocycles. The van der Waals surface area contributed by atoms with E-state index in [1.165, 1.54) is 6.07 Å². The van der Waals surface area contributed by atoms with Gasteiger partial charge in [0.2, 0.25) is 0 Å². The minimum Gasteiger partial charge on any atom is -0.381 e. The van der Waals surface area contributed by atoms with E-state index >= 15 is 0 Å². The van der Waals surface area contributed by atoms with Crippen LogP contribution in [0.1, 0.15) is 16.8 Å². The van der Waals surface area contributed by atoms with Crippen molar-refractivity contribution in [1.82, 2.24) is 9.78 Å². The molecule has 0 atom stereocenters. The highest BCUT2D eigenvalue weighted by Gasteiger charge is 2.07. The van der Waals surface area contributed by atoms with Gasteiger partial charge in [-0.1, -0.05) is 0 Å². The SMILES string of the molecule is Cc1cc(F)c(Br)cc1NCc1cn(C)nc1C. The molecule has 0 saturated heterocycles. The molecule has 5 heteroatoms. The number of rotatable bonds is 3. The summed E-state index contributed by atoms with van der Waals surface area (Å²) in [6.07, 6.45) is 1.98. The van der Waals surface area contributed by atoms with Crippen LogP contribution < -0.4 is 5.32 Å². The Bertz CT molecular complexity index is 578.